The number of fused-ring (bicyclic) bond motifs is 3. The van der Waals surface area contributed by atoms with E-state index in [0.29, 0.717) is 74.4 Å². The van der Waals surface area contributed by atoms with E-state index in [0.717, 1.165) is 78.7 Å². The zero-order valence-electron chi connectivity index (χ0n) is 37.8. The van der Waals surface area contributed by atoms with Crippen LogP contribution < -0.4 is 18.9 Å². The first-order valence-corrected chi connectivity index (χ1v) is 23.8. The van der Waals surface area contributed by atoms with Crippen molar-refractivity contribution < 1.29 is 43.5 Å². The van der Waals surface area contributed by atoms with Crippen LogP contribution in [0.25, 0.3) is 0 Å². The van der Waals surface area contributed by atoms with Crippen molar-refractivity contribution in [1.82, 2.24) is 9.88 Å². The summed E-state index contributed by atoms with van der Waals surface area (Å²) in [4.78, 5) is 27.9. The van der Waals surface area contributed by atoms with Crippen molar-refractivity contribution in [3.63, 3.8) is 0 Å². The van der Waals surface area contributed by atoms with Crippen LogP contribution in [0.1, 0.15) is 119 Å². The Morgan fingerprint density at radius 2 is 1.78 bits per heavy atom. The monoisotopic (exact) mass is 877 g/mol. The van der Waals surface area contributed by atoms with E-state index in [1.54, 1.807) is 6.08 Å². The predicted molar refractivity (Wildman–Crippen MR) is 244 cm³/mol. The Balaban J connectivity index is 1.29. The molecular weight excluding hydrogens is 811 g/mol. The Hall–Kier alpha value is -4.91. The van der Waals surface area contributed by atoms with Gasteiger partial charge in [0.2, 0.25) is 18.5 Å². The third-order valence-corrected chi connectivity index (χ3v) is 14.0. The summed E-state index contributed by atoms with van der Waals surface area (Å²) in [5.74, 6) is 1.57. The first kappa shape index (κ1) is 45.7. The lowest BCUT2D eigenvalue weighted by Gasteiger charge is -2.60. The average molecular weight is 878 g/mol. The molecule has 1 amide bonds. The molecule has 0 saturated heterocycles. The third kappa shape index (κ3) is 9.99. The molecule has 12 nitrogen and oxygen atoms in total. The number of aliphatic hydroxyl groups is 2. The fraction of sp³-hybridized carbons (Fsp3) is 0.558. The summed E-state index contributed by atoms with van der Waals surface area (Å²) >= 11 is 0. The standard InChI is InChI=1S/C52H67N3O9/c1-4-27-62-52-48(55(49(58)24-20-36-14-6-7-15-36)32-37-19-22-46-47(28-37)61-34-60-46)31-44(54-63-5-2)42-29-38(16-8-10-25-56)41(18-9-11-26-57)50(51(42)52)43-30-40(21-23-45(43)64-52)59-33-39-17-12-13-35(3)53-39/h4,12-13,17,19,21-23,28-30,36,38,41,48,50-51,56-57H,1,5-11,14-16,18,20,24-27,31-34H2,2-3H3. The van der Waals surface area contributed by atoms with Crippen LogP contribution in [0.15, 0.2) is 84.1 Å². The highest BCUT2D eigenvalue weighted by Crippen LogP contribution is 2.62. The maximum atomic E-state index is 15.2. The van der Waals surface area contributed by atoms with Gasteiger partial charge in [0.25, 0.3) is 0 Å². The molecule has 0 radical (unpaired) electrons. The van der Waals surface area contributed by atoms with Crippen LogP contribution in [0.3, 0.4) is 0 Å². The maximum Gasteiger partial charge on any atom is 0.239 e. The molecule has 344 valence electrons. The van der Waals surface area contributed by atoms with E-state index in [-0.39, 0.29) is 50.3 Å². The van der Waals surface area contributed by atoms with Gasteiger partial charge >= 0.3 is 0 Å². The second-order valence-electron chi connectivity index (χ2n) is 18.1. The summed E-state index contributed by atoms with van der Waals surface area (Å²) in [7, 11) is 0. The number of ether oxygens (including phenoxy) is 5. The second kappa shape index (κ2) is 21.4. The zero-order chi connectivity index (χ0) is 44.5. The van der Waals surface area contributed by atoms with Crippen LogP contribution in [-0.2, 0) is 27.5 Å². The number of oxime groups is 1. The fourth-order valence-corrected chi connectivity index (χ4v) is 11.1. The third-order valence-electron chi connectivity index (χ3n) is 14.0. The lowest BCUT2D eigenvalue weighted by atomic mass is 9.55. The lowest BCUT2D eigenvalue weighted by Crippen LogP contribution is -2.70. The Morgan fingerprint density at radius 1 is 0.984 bits per heavy atom. The smallest absolute Gasteiger partial charge is 0.239 e. The average Bonchev–Trinajstić information content (AvgIpc) is 4.02. The number of benzene rings is 2. The molecule has 2 aliphatic heterocycles. The van der Waals surface area contributed by atoms with E-state index in [9.17, 15) is 10.2 Å². The molecule has 3 heterocycles. The molecule has 2 fully saturated rings. The Morgan fingerprint density at radius 3 is 2.56 bits per heavy atom. The minimum absolute atomic E-state index is 0.0379. The number of pyridine rings is 1. The zero-order valence-corrected chi connectivity index (χ0v) is 37.8. The molecule has 3 aromatic rings. The number of aromatic nitrogens is 1. The normalized spacial score (nSPS) is 25.0. The van der Waals surface area contributed by atoms with Crippen LogP contribution in [0, 0.1) is 30.6 Å². The Bertz CT molecular complexity index is 2130. The van der Waals surface area contributed by atoms with Crippen molar-refractivity contribution in [3.8, 4) is 23.0 Å². The lowest BCUT2D eigenvalue weighted by molar-refractivity contribution is -0.258. The van der Waals surface area contributed by atoms with Crippen LogP contribution in [0.4, 0.5) is 0 Å². The Kier molecular flexibility index (Phi) is 15.3. The van der Waals surface area contributed by atoms with Gasteiger partial charge in [0.1, 0.15) is 30.8 Å². The van der Waals surface area contributed by atoms with E-state index >= 15 is 4.79 Å². The number of aryl methyl sites for hydroxylation is 1. The predicted octanol–water partition coefficient (Wildman–Crippen LogP) is 9.35. The second-order valence-corrected chi connectivity index (χ2v) is 18.1. The van der Waals surface area contributed by atoms with Crippen molar-refractivity contribution in [1.29, 1.82) is 0 Å². The molecule has 1 aromatic heterocycles. The van der Waals surface area contributed by atoms with Crippen molar-refractivity contribution in [2.45, 2.75) is 128 Å². The van der Waals surface area contributed by atoms with Crippen LogP contribution in [-0.4, -0.2) is 76.8 Å². The summed E-state index contributed by atoms with van der Waals surface area (Å²) in [6.07, 6.45) is 15.2. The number of hydrogen-bond acceptors (Lipinski definition) is 11. The SMILES string of the molecule is C=CCOC12Oc3ccc(OCc4cccc(C)n4)cc3C3C(CCCCO)C(CCCCO)C=C(C(=NOCC)CC1N(Cc1ccc4c(c1)OCO4)C(=O)CCC1CCCC1)C32. The van der Waals surface area contributed by atoms with Crippen LogP contribution in [0.5, 0.6) is 23.0 Å². The maximum absolute atomic E-state index is 15.2. The summed E-state index contributed by atoms with van der Waals surface area (Å²) in [5, 5.41) is 24.9. The van der Waals surface area contributed by atoms with E-state index in [1.807, 2.05) is 67.3 Å². The number of allylic oxidation sites excluding steroid dienone is 1. The van der Waals surface area contributed by atoms with Gasteiger partial charge in [-0.3, -0.25) is 9.78 Å². The molecule has 3 aliphatic carbocycles. The van der Waals surface area contributed by atoms with Crippen molar-refractivity contribution in [2.24, 2.45) is 28.8 Å². The molecule has 8 rings (SSSR count). The van der Waals surface area contributed by atoms with Gasteiger partial charge in [-0.25, -0.2) is 0 Å². The molecule has 12 heteroatoms. The first-order valence-electron chi connectivity index (χ1n) is 23.8. The molecule has 0 bridgehead atoms. The van der Waals surface area contributed by atoms with E-state index in [1.165, 1.54) is 12.8 Å². The highest BCUT2D eigenvalue weighted by molar-refractivity contribution is 6.03. The van der Waals surface area contributed by atoms with E-state index in [4.69, 9.17) is 33.7 Å². The van der Waals surface area contributed by atoms with Crippen molar-refractivity contribution in [3.05, 3.63) is 101 Å². The molecule has 2 saturated carbocycles. The fourth-order valence-electron chi connectivity index (χ4n) is 11.1. The molecule has 64 heavy (non-hydrogen) atoms. The molecule has 5 aliphatic rings. The van der Waals surface area contributed by atoms with E-state index in [2.05, 4.69) is 23.7 Å². The minimum atomic E-state index is -1.36. The summed E-state index contributed by atoms with van der Waals surface area (Å²) < 4.78 is 32.7. The minimum Gasteiger partial charge on any atom is -0.487 e. The summed E-state index contributed by atoms with van der Waals surface area (Å²) in [6, 6.07) is 17.3. The number of nitrogens with zero attached hydrogens (tertiary/aromatic N) is 3. The summed E-state index contributed by atoms with van der Waals surface area (Å²) in [6.45, 7) is 9.57. The molecule has 2 aromatic carbocycles. The highest BCUT2D eigenvalue weighted by atomic mass is 16.7. The van der Waals surface area contributed by atoms with Crippen molar-refractivity contribution in [2.75, 3.05) is 33.2 Å². The number of hydrogen-bond donors (Lipinski definition) is 2. The van der Waals surface area contributed by atoms with Gasteiger partial charge in [-0.15, -0.1) is 6.58 Å². The largest absolute Gasteiger partial charge is 0.487 e. The quantitative estimate of drug-likeness (QED) is 0.0570. The van der Waals surface area contributed by atoms with Gasteiger partial charge in [0.15, 0.2) is 11.5 Å². The number of rotatable bonds is 22. The molecule has 2 N–H and O–H groups in total. The number of unbranched alkanes of at least 4 members (excludes halogenated alkanes) is 2. The molecule has 6 unspecified atom stereocenters. The van der Waals surface area contributed by atoms with Gasteiger partial charge in [0.05, 0.1) is 23.9 Å². The van der Waals surface area contributed by atoms with Crippen LogP contribution in [0.2, 0.25) is 0 Å². The van der Waals surface area contributed by atoms with Gasteiger partial charge in [-0.1, -0.05) is 68.0 Å². The van der Waals surface area contributed by atoms with E-state index < -0.39 is 17.7 Å². The molecule has 0 spiro atoms. The number of aliphatic hydroxyl groups excluding tert-OH is 2. The number of carbonyl (C=O) groups excluding carboxylic acids is 1. The van der Waals surface area contributed by atoms with Gasteiger partial charge in [-0.2, -0.15) is 0 Å². The number of carbonyl (C=O) groups is 1. The van der Waals surface area contributed by atoms with Gasteiger partial charge in [-0.05, 0) is 117 Å². The number of amides is 1. The van der Waals surface area contributed by atoms with Gasteiger partial charge in [0, 0.05) is 49.8 Å². The summed E-state index contributed by atoms with van der Waals surface area (Å²) in [5.41, 5.74) is 5.48. The Labute approximate surface area is 378 Å². The van der Waals surface area contributed by atoms with Crippen molar-refractivity contribution >= 4 is 11.6 Å². The van der Waals surface area contributed by atoms with Gasteiger partial charge < -0.3 is 43.6 Å². The molecular formula is C52H67N3O9. The first-order chi connectivity index (χ1) is 31.3. The highest BCUT2D eigenvalue weighted by Gasteiger charge is 2.65. The molecule has 6 atom stereocenters. The topological polar surface area (TPSA) is 141 Å². The van der Waals surface area contributed by atoms with Crippen LogP contribution >= 0.6 is 0 Å².